The lowest BCUT2D eigenvalue weighted by molar-refractivity contribution is 0.279. The first-order valence-electron chi connectivity index (χ1n) is 6.16. The minimum atomic E-state index is -0.518. The standard InChI is InChI=1S/C15H16FN3O/c1-4-19(3)14-13(16)9-17-15(18-14)20-10-12-7-5-11(2)6-8-12/h4-9H,1,10H2,2-3H3. The van der Waals surface area contributed by atoms with E-state index in [4.69, 9.17) is 4.74 Å². The molecule has 0 radical (unpaired) electrons. The van der Waals surface area contributed by atoms with Gasteiger partial charge in [-0.05, 0) is 18.7 Å². The zero-order valence-electron chi connectivity index (χ0n) is 11.5. The molecule has 0 bridgehead atoms. The minimum absolute atomic E-state index is 0.133. The number of halogens is 1. The van der Waals surface area contributed by atoms with Crippen LogP contribution >= 0.6 is 0 Å². The molecule has 0 spiro atoms. The van der Waals surface area contributed by atoms with Crippen molar-refractivity contribution in [3.63, 3.8) is 0 Å². The highest BCUT2D eigenvalue weighted by atomic mass is 19.1. The van der Waals surface area contributed by atoms with Crippen molar-refractivity contribution in [2.45, 2.75) is 13.5 Å². The van der Waals surface area contributed by atoms with Gasteiger partial charge in [0, 0.05) is 7.05 Å². The van der Waals surface area contributed by atoms with Crippen molar-refractivity contribution in [2.24, 2.45) is 0 Å². The molecule has 0 amide bonds. The summed E-state index contributed by atoms with van der Waals surface area (Å²) in [7, 11) is 1.65. The van der Waals surface area contributed by atoms with Gasteiger partial charge in [0.1, 0.15) is 6.61 Å². The Bertz CT molecular complexity index is 599. The smallest absolute Gasteiger partial charge is 0.318 e. The number of aryl methyl sites for hydroxylation is 1. The van der Waals surface area contributed by atoms with Gasteiger partial charge < -0.3 is 9.64 Å². The second-order valence-electron chi connectivity index (χ2n) is 4.39. The van der Waals surface area contributed by atoms with Crippen molar-refractivity contribution in [1.29, 1.82) is 0 Å². The van der Waals surface area contributed by atoms with Crippen molar-refractivity contribution in [3.8, 4) is 6.01 Å². The number of nitrogens with zero attached hydrogens (tertiary/aromatic N) is 3. The lowest BCUT2D eigenvalue weighted by atomic mass is 10.2. The molecular weight excluding hydrogens is 257 g/mol. The van der Waals surface area contributed by atoms with Gasteiger partial charge in [0.05, 0.1) is 6.20 Å². The average molecular weight is 273 g/mol. The van der Waals surface area contributed by atoms with Gasteiger partial charge in [-0.2, -0.15) is 4.98 Å². The molecule has 0 aliphatic heterocycles. The molecule has 2 rings (SSSR count). The van der Waals surface area contributed by atoms with Crippen LogP contribution in [0.15, 0.2) is 43.2 Å². The summed E-state index contributed by atoms with van der Waals surface area (Å²) < 4.78 is 19.0. The van der Waals surface area contributed by atoms with E-state index in [1.807, 2.05) is 31.2 Å². The van der Waals surface area contributed by atoms with E-state index in [0.29, 0.717) is 6.61 Å². The Hall–Kier alpha value is -2.43. The van der Waals surface area contributed by atoms with E-state index in [1.54, 1.807) is 7.05 Å². The Kier molecular flexibility index (Phi) is 4.30. The lowest BCUT2D eigenvalue weighted by Gasteiger charge is -2.13. The third-order valence-electron chi connectivity index (χ3n) is 2.80. The molecule has 1 aromatic carbocycles. The monoisotopic (exact) mass is 273 g/mol. The molecule has 4 nitrogen and oxygen atoms in total. The molecule has 1 aromatic heterocycles. The molecule has 0 unspecified atom stereocenters. The Morgan fingerprint density at radius 3 is 2.70 bits per heavy atom. The van der Waals surface area contributed by atoms with Crippen molar-refractivity contribution in [2.75, 3.05) is 11.9 Å². The van der Waals surface area contributed by atoms with E-state index >= 15 is 0 Å². The molecule has 0 saturated carbocycles. The van der Waals surface area contributed by atoms with Gasteiger partial charge >= 0.3 is 6.01 Å². The van der Waals surface area contributed by atoms with Crippen molar-refractivity contribution >= 4 is 5.82 Å². The number of hydrogen-bond donors (Lipinski definition) is 0. The summed E-state index contributed by atoms with van der Waals surface area (Å²) in [4.78, 5) is 9.31. The summed E-state index contributed by atoms with van der Waals surface area (Å²) in [5.41, 5.74) is 2.18. The highest BCUT2D eigenvalue weighted by molar-refractivity contribution is 5.41. The molecule has 20 heavy (non-hydrogen) atoms. The number of rotatable bonds is 5. The summed E-state index contributed by atoms with van der Waals surface area (Å²) in [5.74, 6) is -0.385. The number of anilines is 1. The van der Waals surface area contributed by atoms with Crippen LogP contribution in [-0.2, 0) is 6.61 Å². The molecule has 0 aliphatic rings. The van der Waals surface area contributed by atoms with Crippen LogP contribution in [0.3, 0.4) is 0 Å². The van der Waals surface area contributed by atoms with Gasteiger partial charge in [0.2, 0.25) is 0 Å². The van der Waals surface area contributed by atoms with Crippen molar-refractivity contribution in [1.82, 2.24) is 9.97 Å². The summed E-state index contributed by atoms with van der Waals surface area (Å²) in [5, 5.41) is 0. The maximum absolute atomic E-state index is 13.5. The Morgan fingerprint density at radius 2 is 2.05 bits per heavy atom. The highest BCUT2D eigenvalue weighted by Crippen LogP contribution is 2.17. The highest BCUT2D eigenvalue weighted by Gasteiger charge is 2.10. The zero-order valence-corrected chi connectivity index (χ0v) is 11.5. The second-order valence-corrected chi connectivity index (χ2v) is 4.39. The predicted octanol–water partition coefficient (Wildman–Crippen LogP) is 3.08. The first-order chi connectivity index (χ1) is 9.60. The average Bonchev–Trinajstić information content (AvgIpc) is 2.47. The van der Waals surface area contributed by atoms with E-state index in [9.17, 15) is 4.39 Å². The fourth-order valence-electron chi connectivity index (χ4n) is 1.58. The van der Waals surface area contributed by atoms with E-state index in [2.05, 4.69) is 16.5 Å². The molecule has 0 aliphatic carbocycles. The summed E-state index contributed by atoms with van der Waals surface area (Å²) in [6.07, 6.45) is 2.56. The summed E-state index contributed by atoms with van der Waals surface area (Å²) >= 11 is 0. The van der Waals surface area contributed by atoms with Gasteiger partial charge in [0.25, 0.3) is 0 Å². The molecule has 0 N–H and O–H groups in total. The molecule has 5 heteroatoms. The lowest BCUT2D eigenvalue weighted by Crippen LogP contribution is -2.12. The van der Waals surface area contributed by atoms with Crippen molar-refractivity contribution < 1.29 is 9.13 Å². The molecular formula is C15H16FN3O. The minimum Gasteiger partial charge on any atom is -0.459 e. The molecule has 1 heterocycles. The number of ether oxygens (including phenoxy) is 1. The van der Waals surface area contributed by atoms with Gasteiger partial charge in [-0.25, -0.2) is 9.37 Å². The number of hydrogen-bond acceptors (Lipinski definition) is 4. The Labute approximate surface area is 117 Å². The Morgan fingerprint density at radius 1 is 1.35 bits per heavy atom. The normalized spacial score (nSPS) is 10.2. The maximum Gasteiger partial charge on any atom is 0.318 e. The van der Waals surface area contributed by atoms with Gasteiger partial charge in [-0.3, -0.25) is 0 Å². The van der Waals surface area contributed by atoms with Gasteiger partial charge in [-0.15, -0.1) is 0 Å². The van der Waals surface area contributed by atoms with Crippen LogP contribution in [0.4, 0.5) is 10.2 Å². The van der Waals surface area contributed by atoms with Crippen LogP contribution in [0.25, 0.3) is 0 Å². The quantitative estimate of drug-likeness (QED) is 0.839. The molecule has 0 atom stereocenters. The van der Waals surface area contributed by atoms with Crippen LogP contribution in [-0.4, -0.2) is 17.0 Å². The number of benzene rings is 1. The molecule has 2 aromatic rings. The first kappa shape index (κ1) is 14.0. The van der Waals surface area contributed by atoms with Gasteiger partial charge in [0.15, 0.2) is 11.6 Å². The largest absolute Gasteiger partial charge is 0.459 e. The number of aromatic nitrogens is 2. The summed E-state index contributed by atoms with van der Waals surface area (Å²) in [6.45, 7) is 5.92. The molecule has 0 saturated heterocycles. The third kappa shape index (κ3) is 3.32. The summed E-state index contributed by atoms with van der Waals surface area (Å²) in [6, 6.07) is 8.07. The Balaban J connectivity index is 2.10. The van der Waals surface area contributed by atoms with E-state index < -0.39 is 5.82 Å². The van der Waals surface area contributed by atoms with Crippen LogP contribution in [0, 0.1) is 12.7 Å². The SMILES string of the molecule is C=CN(C)c1nc(OCc2ccc(C)cc2)ncc1F. The van der Waals surface area contributed by atoms with Crippen LogP contribution in [0.2, 0.25) is 0 Å². The first-order valence-corrected chi connectivity index (χ1v) is 6.16. The zero-order chi connectivity index (χ0) is 14.5. The molecule has 0 fully saturated rings. The molecule has 104 valence electrons. The van der Waals surface area contributed by atoms with Gasteiger partial charge in [-0.1, -0.05) is 36.4 Å². The predicted molar refractivity (Wildman–Crippen MR) is 76.1 cm³/mol. The van der Waals surface area contributed by atoms with E-state index in [0.717, 1.165) is 11.8 Å². The maximum atomic E-state index is 13.5. The fourth-order valence-corrected chi connectivity index (χ4v) is 1.58. The topological polar surface area (TPSA) is 38.2 Å². The van der Waals surface area contributed by atoms with Crippen LogP contribution in [0.1, 0.15) is 11.1 Å². The van der Waals surface area contributed by atoms with Crippen LogP contribution < -0.4 is 9.64 Å². The fraction of sp³-hybridized carbons (Fsp3) is 0.200. The van der Waals surface area contributed by atoms with E-state index in [1.165, 1.54) is 16.7 Å². The third-order valence-corrected chi connectivity index (χ3v) is 2.80. The van der Waals surface area contributed by atoms with Crippen LogP contribution in [0.5, 0.6) is 6.01 Å². The van der Waals surface area contributed by atoms with E-state index in [-0.39, 0.29) is 11.8 Å². The second kappa shape index (κ2) is 6.14. The van der Waals surface area contributed by atoms with Crippen molar-refractivity contribution in [3.05, 3.63) is 60.2 Å².